The van der Waals surface area contributed by atoms with Crippen LogP contribution in [0.25, 0.3) is 11.3 Å². The zero-order valence-electron chi connectivity index (χ0n) is 18.4. The van der Waals surface area contributed by atoms with Gasteiger partial charge in [0.15, 0.2) is 0 Å². The van der Waals surface area contributed by atoms with Crippen LogP contribution in [0.3, 0.4) is 0 Å². The first-order valence-electron chi connectivity index (χ1n) is 10.9. The van der Waals surface area contributed by atoms with Crippen molar-refractivity contribution in [2.75, 3.05) is 13.7 Å². The number of halogens is 1. The fraction of sp³-hybridized carbons (Fsp3) is 0.375. The molecular formula is C24H27FN4O4. The number of para-hydroxylation sites is 1. The third-order valence-corrected chi connectivity index (χ3v) is 5.83. The smallest absolute Gasteiger partial charge is 0.254 e. The Labute approximate surface area is 191 Å². The van der Waals surface area contributed by atoms with Gasteiger partial charge in [0, 0.05) is 12.1 Å². The number of hydrogen-bond donors (Lipinski definition) is 2. The molecule has 0 aliphatic carbocycles. The summed E-state index contributed by atoms with van der Waals surface area (Å²) in [6.45, 7) is 0.358. The lowest BCUT2D eigenvalue weighted by atomic mass is 9.96. The highest BCUT2D eigenvalue weighted by atomic mass is 19.1. The minimum Gasteiger partial charge on any atom is -0.496 e. The molecule has 4 rings (SSSR count). The number of aliphatic hydroxyl groups is 1. The van der Waals surface area contributed by atoms with Gasteiger partial charge in [-0.05, 0) is 43.5 Å². The summed E-state index contributed by atoms with van der Waals surface area (Å²) in [5.74, 6) is -0.356. The minimum absolute atomic E-state index is 0.0200. The maximum absolute atomic E-state index is 13.9. The molecular weight excluding hydrogens is 427 g/mol. The third kappa shape index (κ3) is 5.37. The van der Waals surface area contributed by atoms with Gasteiger partial charge in [0.25, 0.3) is 5.91 Å². The number of amides is 1. The van der Waals surface area contributed by atoms with E-state index in [-0.39, 0.29) is 24.3 Å². The predicted octanol–water partition coefficient (Wildman–Crippen LogP) is 2.82. The van der Waals surface area contributed by atoms with E-state index in [0.29, 0.717) is 25.8 Å². The van der Waals surface area contributed by atoms with Gasteiger partial charge in [0.2, 0.25) is 0 Å². The number of aryl methyl sites for hydroxylation is 1. The predicted molar refractivity (Wildman–Crippen MR) is 119 cm³/mol. The van der Waals surface area contributed by atoms with E-state index in [9.17, 15) is 14.3 Å². The second-order valence-electron chi connectivity index (χ2n) is 7.97. The summed E-state index contributed by atoms with van der Waals surface area (Å²) in [5.41, 5.74) is 1.57. The number of carbonyl (C=O) groups is 1. The molecule has 2 heterocycles. The van der Waals surface area contributed by atoms with Crippen LogP contribution in [-0.4, -0.2) is 58.0 Å². The van der Waals surface area contributed by atoms with Gasteiger partial charge in [0.1, 0.15) is 23.4 Å². The van der Waals surface area contributed by atoms with Crippen molar-refractivity contribution in [2.45, 2.75) is 44.1 Å². The Morgan fingerprint density at radius 1 is 1.24 bits per heavy atom. The summed E-state index contributed by atoms with van der Waals surface area (Å²) < 4.78 is 27.1. The van der Waals surface area contributed by atoms with Crippen LogP contribution in [0.4, 0.5) is 4.39 Å². The largest absolute Gasteiger partial charge is 0.496 e. The number of nitrogens with one attached hydrogen (secondary N) is 1. The number of hydrogen-bond acceptors (Lipinski definition) is 6. The Kier molecular flexibility index (Phi) is 7.31. The highest BCUT2D eigenvalue weighted by Crippen LogP contribution is 2.28. The summed E-state index contributed by atoms with van der Waals surface area (Å²) in [7, 11) is 1.62. The molecule has 0 saturated carbocycles. The molecule has 174 valence electrons. The van der Waals surface area contributed by atoms with Crippen molar-refractivity contribution in [1.29, 1.82) is 0 Å². The average molecular weight is 455 g/mol. The Bertz CT molecular complexity index is 1090. The monoisotopic (exact) mass is 454 g/mol. The van der Waals surface area contributed by atoms with Crippen molar-refractivity contribution in [3.05, 3.63) is 66.1 Å². The van der Waals surface area contributed by atoms with E-state index in [1.54, 1.807) is 17.9 Å². The first-order chi connectivity index (χ1) is 16.1. The topological polar surface area (TPSA) is 98.5 Å². The summed E-state index contributed by atoms with van der Waals surface area (Å²) >= 11 is 0. The van der Waals surface area contributed by atoms with E-state index in [1.165, 1.54) is 18.2 Å². The van der Waals surface area contributed by atoms with E-state index in [2.05, 4.69) is 15.6 Å². The normalized spacial score (nSPS) is 20.4. The number of rotatable bonds is 8. The van der Waals surface area contributed by atoms with E-state index < -0.39 is 17.8 Å². The highest BCUT2D eigenvalue weighted by Gasteiger charge is 2.32. The number of carbonyl (C=O) groups excluding carboxylic acids is 1. The summed E-state index contributed by atoms with van der Waals surface area (Å²) in [6, 6.07) is 13.1. The van der Waals surface area contributed by atoms with Crippen molar-refractivity contribution < 1.29 is 23.8 Å². The standard InChI is InChI=1S/C24H27FN4O4/c1-32-22-9-5-3-7-18(22)21-14-29(28-27-21)13-12-16-10-11-20(23(15-30)33-16)26-24(31)17-6-2-4-8-19(17)25/h2-9,14,16,20,23,30H,10-13,15H2,1H3,(H,26,31)/t16-,20+,23+/m1/s1. The van der Waals surface area contributed by atoms with E-state index in [0.717, 1.165) is 17.0 Å². The molecule has 1 amide bonds. The van der Waals surface area contributed by atoms with Crippen LogP contribution < -0.4 is 10.1 Å². The third-order valence-electron chi connectivity index (χ3n) is 5.83. The van der Waals surface area contributed by atoms with Gasteiger partial charge in [-0.1, -0.05) is 29.5 Å². The second-order valence-corrected chi connectivity index (χ2v) is 7.97. The van der Waals surface area contributed by atoms with Crippen molar-refractivity contribution in [2.24, 2.45) is 0 Å². The van der Waals surface area contributed by atoms with Gasteiger partial charge in [-0.3, -0.25) is 9.48 Å². The minimum atomic E-state index is -0.578. The quantitative estimate of drug-likeness (QED) is 0.543. The first-order valence-corrected chi connectivity index (χ1v) is 10.9. The average Bonchev–Trinajstić information content (AvgIpc) is 3.32. The highest BCUT2D eigenvalue weighted by molar-refractivity contribution is 5.94. The lowest BCUT2D eigenvalue weighted by molar-refractivity contribution is -0.0912. The number of nitrogens with zero attached hydrogens (tertiary/aromatic N) is 3. The van der Waals surface area contributed by atoms with Crippen molar-refractivity contribution in [3.63, 3.8) is 0 Å². The number of methoxy groups -OCH3 is 1. The zero-order valence-corrected chi connectivity index (χ0v) is 18.4. The Morgan fingerprint density at radius 2 is 2.03 bits per heavy atom. The Balaban J connectivity index is 1.32. The molecule has 8 nitrogen and oxygen atoms in total. The number of ether oxygens (including phenoxy) is 2. The van der Waals surface area contributed by atoms with E-state index in [4.69, 9.17) is 9.47 Å². The van der Waals surface area contributed by atoms with Gasteiger partial charge in [-0.15, -0.1) is 5.10 Å². The molecule has 1 aliphatic heterocycles. The summed E-state index contributed by atoms with van der Waals surface area (Å²) in [6.07, 6.45) is 3.22. The van der Waals surface area contributed by atoms with Gasteiger partial charge >= 0.3 is 0 Å². The van der Waals surface area contributed by atoms with Crippen LogP contribution in [0.5, 0.6) is 5.75 Å². The first kappa shape index (κ1) is 22.9. The lowest BCUT2D eigenvalue weighted by Crippen LogP contribution is -2.51. The van der Waals surface area contributed by atoms with Crippen molar-refractivity contribution >= 4 is 5.91 Å². The molecule has 33 heavy (non-hydrogen) atoms. The SMILES string of the molecule is COc1ccccc1-c1cn(CC[C@H]2CC[C@H](NC(=O)c3ccccc3F)[C@H](CO)O2)nn1. The van der Waals surface area contributed by atoms with Crippen molar-refractivity contribution in [1.82, 2.24) is 20.3 Å². The molecule has 1 fully saturated rings. The fourth-order valence-corrected chi connectivity index (χ4v) is 4.06. The van der Waals surface area contributed by atoms with Crippen LogP contribution in [0.2, 0.25) is 0 Å². The summed E-state index contributed by atoms with van der Waals surface area (Å²) in [4.78, 5) is 12.4. The molecule has 3 atom stereocenters. The molecule has 1 aromatic heterocycles. The maximum Gasteiger partial charge on any atom is 0.254 e. The molecule has 2 N–H and O–H groups in total. The molecule has 3 aromatic rings. The second kappa shape index (κ2) is 10.5. The van der Waals surface area contributed by atoms with Gasteiger partial charge in [0.05, 0.1) is 37.6 Å². The Hall–Kier alpha value is -3.30. The summed E-state index contributed by atoms with van der Waals surface area (Å²) in [5, 5.41) is 21.0. The molecule has 1 aliphatic rings. The Morgan fingerprint density at radius 3 is 2.82 bits per heavy atom. The van der Waals surface area contributed by atoms with E-state index in [1.807, 2.05) is 30.5 Å². The van der Waals surface area contributed by atoms with Crippen molar-refractivity contribution in [3.8, 4) is 17.0 Å². The molecule has 2 aromatic carbocycles. The zero-order chi connectivity index (χ0) is 23.2. The lowest BCUT2D eigenvalue weighted by Gasteiger charge is -2.36. The number of aromatic nitrogens is 3. The molecule has 0 unspecified atom stereocenters. The van der Waals surface area contributed by atoms with Gasteiger partial charge in [-0.25, -0.2) is 4.39 Å². The van der Waals surface area contributed by atoms with Gasteiger partial charge < -0.3 is 19.9 Å². The van der Waals surface area contributed by atoms with Crippen LogP contribution in [0, 0.1) is 5.82 Å². The van der Waals surface area contributed by atoms with Crippen LogP contribution >= 0.6 is 0 Å². The van der Waals surface area contributed by atoms with Gasteiger partial charge in [-0.2, -0.15) is 0 Å². The fourth-order valence-electron chi connectivity index (χ4n) is 4.06. The maximum atomic E-state index is 13.9. The number of benzene rings is 2. The van der Waals surface area contributed by atoms with Crippen LogP contribution in [-0.2, 0) is 11.3 Å². The molecule has 0 spiro atoms. The number of aliphatic hydroxyl groups excluding tert-OH is 1. The molecule has 9 heteroatoms. The van der Waals surface area contributed by atoms with E-state index >= 15 is 0 Å². The van der Waals surface area contributed by atoms with Crippen LogP contribution in [0.1, 0.15) is 29.6 Å². The molecule has 0 bridgehead atoms. The molecule has 0 radical (unpaired) electrons. The van der Waals surface area contributed by atoms with Crippen LogP contribution in [0.15, 0.2) is 54.7 Å². The molecule has 1 saturated heterocycles.